The third-order valence-corrected chi connectivity index (χ3v) is 3.14. The van der Waals surface area contributed by atoms with Crippen molar-refractivity contribution < 1.29 is 9.53 Å². The van der Waals surface area contributed by atoms with E-state index in [-0.39, 0.29) is 11.5 Å². The van der Waals surface area contributed by atoms with E-state index < -0.39 is 6.04 Å². The van der Waals surface area contributed by atoms with Gasteiger partial charge in [0.25, 0.3) is 5.56 Å². The summed E-state index contributed by atoms with van der Waals surface area (Å²) < 4.78 is 6.59. The van der Waals surface area contributed by atoms with Crippen molar-refractivity contribution in [2.24, 2.45) is 5.92 Å². The second-order valence-corrected chi connectivity index (χ2v) is 5.43. The van der Waals surface area contributed by atoms with Gasteiger partial charge in [-0.05, 0) is 37.3 Å². The van der Waals surface area contributed by atoms with Crippen LogP contribution in [-0.4, -0.2) is 17.1 Å². The molecular formula is C16H25NO3. The topological polar surface area (TPSA) is 48.3 Å². The molecule has 1 unspecified atom stereocenters. The molecule has 1 aromatic heterocycles. The second-order valence-electron chi connectivity index (χ2n) is 5.43. The number of esters is 1. The molecule has 0 aliphatic carbocycles. The molecule has 1 heterocycles. The highest BCUT2D eigenvalue weighted by atomic mass is 16.5. The Morgan fingerprint density at radius 1 is 1.35 bits per heavy atom. The third kappa shape index (κ3) is 4.51. The molecule has 0 fully saturated rings. The summed E-state index contributed by atoms with van der Waals surface area (Å²) in [7, 11) is 0. The fourth-order valence-electron chi connectivity index (χ4n) is 2.24. The summed E-state index contributed by atoms with van der Waals surface area (Å²) in [6.45, 7) is 8.24. The number of ether oxygens (including phenoxy) is 1. The number of hydrogen-bond acceptors (Lipinski definition) is 3. The van der Waals surface area contributed by atoms with E-state index in [9.17, 15) is 9.59 Å². The smallest absolute Gasteiger partial charge is 0.329 e. The number of pyridine rings is 1. The van der Waals surface area contributed by atoms with Gasteiger partial charge in [-0.3, -0.25) is 4.79 Å². The van der Waals surface area contributed by atoms with Crippen LogP contribution in [0.15, 0.2) is 23.1 Å². The number of rotatable bonds is 7. The molecule has 0 saturated heterocycles. The largest absolute Gasteiger partial charge is 0.464 e. The molecular weight excluding hydrogens is 254 g/mol. The number of hydrogen-bond donors (Lipinski definition) is 0. The van der Waals surface area contributed by atoms with Crippen LogP contribution in [0.1, 0.15) is 52.1 Å². The van der Waals surface area contributed by atoms with Gasteiger partial charge in [-0.25, -0.2) is 4.79 Å². The maximum atomic E-state index is 12.2. The molecule has 4 nitrogen and oxygen atoms in total. The van der Waals surface area contributed by atoms with Crippen LogP contribution in [0, 0.1) is 5.92 Å². The lowest BCUT2D eigenvalue weighted by molar-refractivity contribution is -0.147. The van der Waals surface area contributed by atoms with Crippen LogP contribution in [0.5, 0.6) is 0 Å². The molecule has 20 heavy (non-hydrogen) atoms. The second kappa shape index (κ2) is 7.88. The quantitative estimate of drug-likeness (QED) is 0.721. The van der Waals surface area contributed by atoms with Crippen LogP contribution in [0.2, 0.25) is 0 Å². The highest BCUT2D eigenvalue weighted by Crippen LogP contribution is 2.18. The Bertz CT molecular complexity index is 491. The fraction of sp³-hybridized carbons (Fsp3) is 0.625. The van der Waals surface area contributed by atoms with E-state index in [1.54, 1.807) is 19.2 Å². The minimum Gasteiger partial charge on any atom is -0.464 e. The third-order valence-electron chi connectivity index (χ3n) is 3.14. The summed E-state index contributed by atoms with van der Waals surface area (Å²) in [5.74, 6) is -0.0156. The summed E-state index contributed by atoms with van der Waals surface area (Å²) in [6.07, 6.45) is 4.20. The van der Waals surface area contributed by atoms with Crippen molar-refractivity contribution in [1.29, 1.82) is 0 Å². The van der Waals surface area contributed by atoms with Crippen LogP contribution in [0.3, 0.4) is 0 Å². The van der Waals surface area contributed by atoms with Crippen molar-refractivity contribution in [3.63, 3.8) is 0 Å². The van der Waals surface area contributed by atoms with Crippen LogP contribution in [-0.2, 0) is 16.0 Å². The molecule has 0 saturated carbocycles. The minimum absolute atomic E-state index is 0.130. The van der Waals surface area contributed by atoms with E-state index in [4.69, 9.17) is 4.74 Å². The predicted octanol–water partition coefficient (Wildman–Crippen LogP) is 2.95. The van der Waals surface area contributed by atoms with E-state index in [1.807, 2.05) is 19.9 Å². The average Bonchev–Trinajstić information content (AvgIpc) is 2.37. The number of aryl methyl sites for hydroxylation is 1. The lowest BCUT2D eigenvalue weighted by Gasteiger charge is -2.20. The van der Waals surface area contributed by atoms with E-state index in [2.05, 4.69) is 6.92 Å². The fourth-order valence-corrected chi connectivity index (χ4v) is 2.24. The molecule has 112 valence electrons. The normalized spacial score (nSPS) is 12.4. The van der Waals surface area contributed by atoms with E-state index in [0.717, 1.165) is 18.4 Å². The SMILES string of the molecule is CCCc1ccn(C(CC(C)C)C(=O)OCC)c(=O)c1. The summed E-state index contributed by atoms with van der Waals surface area (Å²) in [5, 5.41) is 0. The van der Waals surface area contributed by atoms with Gasteiger partial charge in [-0.2, -0.15) is 0 Å². The Labute approximate surface area is 120 Å². The van der Waals surface area contributed by atoms with Gasteiger partial charge >= 0.3 is 5.97 Å². The van der Waals surface area contributed by atoms with Crippen LogP contribution >= 0.6 is 0 Å². The van der Waals surface area contributed by atoms with Gasteiger partial charge < -0.3 is 9.30 Å². The average molecular weight is 279 g/mol. The molecule has 0 aliphatic rings. The van der Waals surface area contributed by atoms with E-state index >= 15 is 0 Å². The van der Waals surface area contributed by atoms with Crippen molar-refractivity contribution in [2.75, 3.05) is 6.61 Å². The van der Waals surface area contributed by atoms with Crippen molar-refractivity contribution in [3.8, 4) is 0 Å². The number of nitrogens with zero attached hydrogens (tertiary/aromatic N) is 1. The highest BCUT2D eigenvalue weighted by Gasteiger charge is 2.23. The van der Waals surface area contributed by atoms with Crippen LogP contribution in [0.25, 0.3) is 0 Å². The summed E-state index contributed by atoms with van der Waals surface area (Å²) in [5.41, 5.74) is 0.885. The van der Waals surface area contributed by atoms with E-state index in [0.29, 0.717) is 18.9 Å². The standard InChI is InChI=1S/C16H25NO3/c1-5-7-13-8-9-17(15(18)11-13)14(10-12(3)4)16(19)20-6-2/h8-9,11-12,14H,5-7,10H2,1-4H3. The molecule has 0 aliphatic heterocycles. The Hall–Kier alpha value is -1.58. The minimum atomic E-state index is -0.530. The first-order valence-corrected chi connectivity index (χ1v) is 7.37. The molecule has 0 spiro atoms. The molecule has 1 atom stereocenters. The first-order valence-electron chi connectivity index (χ1n) is 7.37. The maximum absolute atomic E-state index is 12.2. The maximum Gasteiger partial charge on any atom is 0.329 e. The molecule has 0 aromatic carbocycles. The molecule has 1 aromatic rings. The van der Waals surface area contributed by atoms with Crippen molar-refractivity contribution >= 4 is 5.97 Å². The Kier molecular flexibility index (Phi) is 6.49. The first kappa shape index (κ1) is 16.5. The Morgan fingerprint density at radius 2 is 2.05 bits per heavy atom. The van der Waals surface area contributed by atoms with Crippen molar-refractivity contribution in [3.05, 3.63) is 34.2 Å². The Balaban J connectivity index is 3.07. The van der Waals surface area contributed by atoms with Crippen LogP contribution < -0.4 is 5.56 Å². The molecule has 0 bridgehead atoms. The van der Waals surface area contributed by atoms with Gasteiger partial charge in [0.1, 0.15) is 6.04 Å². The zero-order valence-corrected chi connectivity index (χ0v) is 12.9. The molecule has 0 amide bonds. The Morgan fingerprint density at radius 3 is 2.55 bits per heavy atom. The summed E-state index contributed by atoms with van der Waals surface area (Å²) in [4.78, 5) is 24.3. The number of carbonyl (C=O) groups excluding carboxylic acids is 1. The number of carbonyl (C=O) groups is 1. The lowest BCUT2D eigenvalue weighted by Crippen LogP contribution is -2.31. The predicted molar refractivity (Wildman–Crippen MR) is 79.8 cm³/mol. The zero-order valence-electron chi connectivity index (χ0n) is 12.9. The molecule has 0 N–H and O–H groups in total. The summed E-state index contributed by atoms with van der Waals surface area (Å²) in [6, 6.07) is 3.01. The van der Waals surface area contributed by atoms with Gasteiger partial charge in [0.15, 0.2) is 0 Å². The van der Waals surface area contributed by atoms with Crippen molar-refractivity contribution in [1.82, 2.24) is 4.57 Å². The van der Waals surface area contributed by atoms with Gasteiger partial charge in [-0.1, -0.05) is 27.2 Å². The number of aromatic nitrogens is 1. The molecule has 0 radical (unpaired) electrons. The zero-order chi connectivity index (χ0) is 15.1. The summed E-state index contributed by atoms with van der Waals surface area (Å²) >= 11 is 0. The molecule has 1 rings (SSSR count). The highest BCUT2D eigenvalue weighted by molar-refractivity contribution is 5.74. The first-order chi connectivity index (χ1) is 9.49. The van der Waals surface area contributed by atoms with Gasteiger partial charge in [0, 0.05) is 12.3 Å². The monoisotopic (exact) mass is 279 g/mol. The van der Waals surface area contributed by atoms with Gasteiger partial charge in [0.2, 0.25) is 0 Å². The molecule has 4 heteroatoms. The van der Waals surface area contributed by atoms with Crippen molar-refractivity contribution in [2.45, 2.75) is 53.0 Å². The van der Waals surface area contributed by atoms with E-state index in [1.165, 1.54) is 4.57 Å². The van der Waals surface area contributed by atoms with Crippen LogP contribution in [0.4, 0.5) is 0 Å². The van der Waals surface area contributed by atoms with Gasteiger partial charge in [-0.15, -0.1) is 0 Å². The van der Waals surface area contributed by atoms with Gasteiger partial charge in [0.05, 0.1) is 6.61 Å². The lowest BCUT2D eigenvalue weighted by atomic mass is 10.0.